The molecule has 0 spiro atoms. The molecule has 164 valence electrons. The molecular formula is C21H24N4O4S2. The summed E-state index contributed by atoms with van der Waals surface area (Å²) in [6.07, 6.45) is 3.23. The van der Waals surface area contributed by atoms with E-state index in [-0.39, 0.29) is 32.3 Å². The minimum Gasteiger partial charge on any atom is -0.395 e. The molecule has 0 saturated carbocycles. The molecule has 2 atom stereocenters. The lowest BCUT2D eigenvalue weighted by atomic mass is 10.0. The summed E-state index contributed by atoms with van der Waals surface area (Å²) >= 11 is 0. The van der Waals surface area contributed by atoms with E-state index in [0.717, 1.165) is 11.1 Å². The molecule has 10 heteroatoms. The van der Waals surface area contributed by atoms with Gasteiger partial charge in [0.2, 0.25) is 5.95 Å². The number of aliphatic hydroxyl groups excluding tert-OH is 2. The zero-order valence-electron chi connectivity index (χ0n) is 17.3. The highest BCUT2D eigenvalue weighted by molar-refractivity contribution is 7.84. The lowest BCUT2D eigenvalue weighted by molar-refractivity contribution is 0.280. The first-order valence-electron chi connectivity index (χ1n) is 9.53. The van der Waals surface area contributed by atoms with Gasteiger partial charge in [-0.2, -0.15) is 0 Å². The molecule has 8 nitrogen and oxygen atoms in total. The van der Waals surface area contributed by atoms with E-state index in [1.165, 1.54) is 0 Å². The second kappa shape index (κ2) is 10.7. The molecule has 3 rings (SSSR count). The number of hydrogen-bond acceptors (Lipinski definition) is 8. The number of nitrogens with zero attached hydrogens (tertiary/aromatic N) is 4. The Labute approximate surface area is 185 Å². The highest BCUT2D eigenvalue weighted by atomic mass is 32.2. The van der Waals surface area contributed by atoms with Crippen molar-refractivity contribution in [2.75, 3.05) is 43.7 Å². The maximum absolute atomic E-state index is 11.7. The van der Waals surface area contributed by atoms with Gasteiger partial charge in [-0.3, -0.25) is 8.42 Å². The highest BCUT2D eigenvalue weighted by Crippen LogP contribution is 2.30. The average molecular weight is 461 g/mol. The summed E-state index contributed by atoms with van der Waals surface area (Å²) in [5.74, 6) is 0.288. The zero-order valence-corrected chi connectivity index (χ0v) is 18.9. The van der Waals surface area contributed by atoms with Crippen LogP contribution in [0.15, 0.2) is 58.3 Å². The maximum atomic E-state index is 11.7. The van der Waals surface area contributed by atoms with Crippen molar-refractivity contribution in [2.45, 2.75) is 9.79 Å². The molecule has 0 amide bonds. The van der Waals surface area contributed by atoms with Crippen molar-refractivity contribution in [3.63, 3.8) is 0 Å². The normalized spacial score (nSPS) is 13.0. The molecule has 0 saturated heterocycles. The second-order valence-electron chi connectivity index (χ2n) is 6.70. The van der Waals surface area contributed by atoms with Crippen LogP contribution >= 0.6 is 0 Å². The number of hydrogen-bond donors (Lipinski definition) is 2. The molecule has 2 N–H and O–H groups in total. The first-order chi connectivity index (χ1) is 14.9. The Kier molecular flexibility index (Phi) is 7.97. The first-order valence-corrected chi connectivity index (χ1v) is 12.6. The van der Waals surface area contributed by atoms with Gasteiger partial charge in [0.25, 0.3) is 0 Å². The molecule has 2 aromatic carbocycles. The standard InChI is InChI=1S/C21H24N4O4S2/c1-30(28)17-7-3-15(4-8-17)19-20(16-5-9-18(10-6-16)31(2)29)23-24-21(22-19)25(11-13-26)12-14-27/h3-10,26-27H,11-14H2,1-2H3. The molecule has 0 aliphatic rings. The van der Waals surface area contributed by atoms with Crippen LogP contribution in [-0.2, 0) is 21.6 Å². The SMILES string of the molecule is CS(=O)c1ccc(-c2nnc(N(CCO)CCO)nc2-c2ccc(S(C)=O)cc2)cc1. The minimum atomic E-state index is -1.10. The van der Waals surface area contributed by atoms with E-state index in [1.54, 1.807) is 41.7 Å². The molecule has 0 bridgehead atoms. The van der Waals surface area contributed by atoms with Gasteiger partial charge in [0.15, 0.2) is 0 Å². The van der Waals surface area contributed by atoms with Crippen molar-refractivity contribution in [1.29, 1.82) is 0 Å². The first kappa shape index (κ1) is 23.1. The van der Waals surface area contributed by atoms with Crippen LogP contribution in [-0.4, -0.2) is 72.6 Å². The number of aliphatic hydroxyl groups is 2. The van der Waals surface area contributed by atoms with Gasteiger partial charge in [-0.15, -0.1) is 10.2 Å². The summed E-state index contributed by atoms with van der Waals surface area (Å²) < 4.78 is 23.5. The largest absolute Gasteiger partial charge is 0.395 e. The lowest BCUT2D eigenvalue weighted by Crippen LogP contribution is -2.31. The molecule has 0 fully saturated rings. The maximum Gasteiger partial charge on any atom is 0.246 e. The van der Waals surface area contributed by atoms with E-state index in [1.807, 2.05) is 24.3 Å². The average Bonchev–Trinajstić information content (AvgIpc) is 2.78. The molecule has 1 aromatic heterocycles. The summed E-state index contributed by atoms with van der Waals surface area (Å²) in [5, 5.41) is 27.3. The Balaban J connectivity index is 2.12. The van der Waals surface area contributed by atoms with Crippen LogP contribution in [0.2, 0.25) is 0 Å². The summed E-state index contributed by atoms with van der Waals surface area (Å²) in [5.41, 5.74) is 2.62. The van der Waals surface area contributed by atoms with E-state index in [4.69, 9.17) is 0 Å². The predicted octanol–water partition coefficient (Wildman–Crippen LogP) is 1.47. The van der Waals surface area contributed by atoms with Gasteiger partial charge in [-0.05, 0) is 24.3 Å². The van der Waals surface area contributed by atoms with E-state index in [2.05, 4.69) is 15.2 Å². The Bertz CT molecular complexity index is 1070. The topological polar surface area (TPSA) is 117 Å². The summed E-state index contributed by atoms with van der Waals surface area (Å²) in [6.45, 7) is 0.276. The number of rotatable bonds is 9. The summed E-state index contributed by atoms with van der Waals surface area (Å²) in [4.78, 5) is 7.74. The minimum absolute atomic E-state index is 0.118. The Morgan fingerprint density at radius 3 is 1.61 bits per heavy atom. The molecule has 31 heavy (non-hydrogen) atoms. The highest BCUT2D eigenvalue weighted by Gasteiger charge is 2.17. The molecule has 0 aliphatic heterocycles. The van der Waals surface area contributed by atoms with Gasteiger partial charge in [0.05, 0.1) is 13.2 Å². The molecular weight excluding hydrogens is 436 g/mol. The number of anilines is 1. The fraction of sp³-hybridized carbons (Fsp3) is 0.286. The van der Waals surface area contributed by atoms with Gasteiger partial charge in [-0.1, -0.05) is 24.3 Å². The van der Waals surface area contributed by atoms with E-state index < -0.39 is 21.6 Å². The van der Waals surface area contributed by atoms with E-state index in [0.29, 0.717) is 21.2 Å². The van der Waals surface area contributed by atoms with Crippen molar-refractivity contribution >= 4 is 27.5 Å². The zero-order chi connectivity index (χ0) is 22.4. The van der Waals surface area contributed by atoms with Crippen molar-refractivity contribution in [2.24, 2.45) is 0 Å². The van der Waals surface area contributed by atoms with Crippen molar-refractivity contribution in [3.05, 3.63) is 48.5 Å². The van der Waals surface area contributed by atoms with Crippen molar-refractivity contribution in [1.82, 2.24) is 15.2 Å². The molecule has 3 aromatic rings. The van der Waals surface area contributed by atoms with Crippen LogP contribution < -0.4 is 4.90 Å². The fourth-order valence-corrected chi connectivity index (χ4v) is 4.05. The third kappa shape index (κ3) is 5.59. The van der Waals surface area contributed by atoms with Crippen LogP contribution in [0.3, 0.4) is 0 Å². The summed E-state index contributed by atoms with van der Waals surface area (Å²) in [6, 6.07) is 14.4. The van der Waals surface area contributed by atoms with Gasteiger partial charge in [0, 0.05) is 68.1 Å². The van der Waals surface area contributed by atoms with Gasteiger partial charge in [0.1, 0.15) is 11.4 Å². The van der Waals surface area contributed by atoms with Gasteiger partial charge >= 0.3 is 0 Å². The van der Waals surface area contributed by atoms with Crippen LogP contribution in [0.5, 0.6) is 0 Å². The molecule has 1 heterocycles. The van der Waals surface area contributed by atoms with E-state index >= 15 is 0 Å². The molecule has 0 radical (unpaired) electrons. The lowest BCUT2D eigenvalue weighted by Gasteiger charge is -2.21. The van der Waals surface area contributed by atoms with Crippen LogP contribution in [0, 0.1) is 0 Å². The van der Waals surface area contributed by atoms with E-state index in [9.17, 15) is 18.6 Å². The van der Waals surface area contributed by atoms with Crippen LogP contribution in [0.1, 0.15) is 0 Å². The molecule has 0 aliphatic carbocycles. The number of benzene rings is 2. The fourth-order valence-electron chi connectivity index (χ4n) is 3.01. The third-order valence-corrected chi connectivity index (χ3v) is 6.49. The van der Waals surface area contributed by atoms with Gasteiger partial charge < -0.3 is 15.1 Å². The Morgan fingerprint density at radius 2 is 1.19 bits per heavy atom. The number of aromatic nitrogens is 3. The summed E-state index contributed by atoms with van der Waals surface area (Å²) in [7, 11) is -2.19. The quantitative estimate of drug-likeness (QED) is 0.493. The Hall–Kier alpha value is -2.53. The smallest absolute Gasteiger partial charge is 0.246 e. The predicted molar refractivity (Wildman–Crippen MR) is 122 cm³/mol. The molecule has 2 unspecified atom stereocenters. The van der Waals surface area contributed by atoms with Crippen molar-refractivity contribution in [3.8, 4) is 22.5 Å². The van der Waals surface area contributed by atoms with Crippen LogP contribution in [0.4, 0.5) is 5.95 Å². The third-order valence-electron chi connectivity index (χ3n) is 4.62. The second-order valence-corrected chi connectivity index (χ2v) is 9.46. The van der Waals surface area contributed by atoms with Crippen LogP contribution in [0.25, 0.3) is 22.5 Å². The van der Waals surface area contributed by atoms with Crippen molar-refractivity contribution < 1.29 is 18.6 Å². The van der Waals surface area contributed by atoms with Gasteiger partial charge in [-0.25, -0.2) is 4.98 Å². The Morgan fingerprint density at radius 1 is 0.742 bits per heavy atom. The monoisotopic (exact) mass is 460 g/mol.